The Bertz CT molecular complexity index is 898. The highest BCUT2D eigenvalue weighted by molar-refractivity contribution is 7.22. The predicted octanol–water partition coefficient (Wildman–Crippen LogP) is 5.62. The number of anilines is 1. The van der Waals surface area contributed by atoms with E-state index in [1.807, 2.05) is 36.4 Å². The fourth-order valence-corrected chi connectivity index (χ4v) is 3.98. The second kappa shape index (κ2) is 5.78. The van der Waals surface area contributed by atoms with Crippen molar-refractivity contribution in [3.63, 3.8) is 0 Å². The van der Waals surface area contributed by atoms with Gasteiger partial charge in [-0.05, 0) is 42.7 Å². The minimum absolute atomic E-state index is 0.0680. The minimum Gasteiger partial charge on any atom is -0.302 e. The third-order valence-electron chi connectivity index (χ3n) is 3.82. The lowest BCUT2D eigenvalue weighted by Gasteiger charge is -2.06. The molecule has 6 heteroatoms. The average molecular weight is 363 g/mol. The van der Waals surface area contributed by atoms with E-state index in [2.05, 4.69) is 10.3 Å². The summed E-state index contributed by atoms with van der Waals surface area (Å²) in [5, 5.41) is 4.76. The van der Waals surface area contributed by atoms with Crippen LogP contribution in [0.2, 0.25) is 10.0 Å². The maximum atomic E-state index is 11.8. The number of carbonyl (C=O) groups excluding carboxylic acids is 1. The van der Waals surface area contributed by atoms with Gasteiger partial charge in [0.05, 0.1) is 10.2 Å². The number of benzene rings is 2. The highest BCUT2D eigenvalue weighted by atomic mass is 35.5. The molecule has 0 spiro atoms. The van der Waals surface area contributed by atoms with Crippen LogP contribution >= 0.6 is 34.5 Å². The quantitative estimate of drug-likeness (QED) is 0.656. The van der Waals surface area contributed by atoms with Crippen LogP contribution < -0.4 is 5.32 Å². The van der Waals surface area contributed by atoms with Gasteiger partial charge >= 0.3 is 0 Å². The lowest BCUT2D eigenvalue weighted by molar-refractivity contribution is -0.117. The van der Waals surface area contributed by atoms with Gasteiger partial charge in [-0.1, -0.05) is 46.7 Å². The van der Waals surface area contributed by atoms with Crippen LogP contribution in [0.5, 0.6) is 0 Å². The summed E-state index contributed by atoms with van der Waals surface area (Å²) in [6, 6.07) is 11.3. The number of carbonyl (C=O) groups is 1. The van der Waals surface area contributed by atoms with Crippen LogP contribution in [0.1, 0.15) is 12.8 Å². The topological polar surface area (TPSA) is 42.0 Å². The van der Waals surface area contributed by atoms with Gasteiger partial charge in [0.25, 0.3) is 0 Å². The normalized spacial score (nSPS) is 14.2. The Morgan fingerprint density at radius 1 is 1.17 bits per heavy atom. The second-order valence-corrected chi connectivity index (χ2v) is 7.41. The summed E-state index contributed by atoms with van der Waals surface area (Å²) in [7, 11) is 0. The number of nitrogens with one attached hydrogen (secondary N) is 1. The van der Waals surface area contributed by atoms with E-state index < -0.39 is 0 Å². The molecule has 1 amide bonds. The molecule has 23 heavy (non-hydrogen) atoms. The molecule has 0 aliphatic heterocycles. The Hall–Kier alpha value is -1.62. The average Bonchev–Trinajstić information content (AvgIpc) is 3.28. The van der Waals surface area contributed by atoms with E-state index in [-0.39, 0.29) is 11.8 Å². The molecule has 116 valence electrons. The number of hydrogen-bond donors (Lipinski definition) is 1. The number of nitrogens with zero attached hydrogens (tertiary/aromatic N) is 1. The molecule has 1 aromatic heterocycles. The fourth-order valence-electron chi connectivity index (χ4n) is 2.46. The number of halogens is 2. The van der Waals surface area contributed by atoms with Crippen molar-refractivity contribution >= 4 is 55.8 Å². The molecule has 0 bridgehead atoms. The second-order valence-electron chi connectivity index (χ2n) is 5.56. The Kier molecular flexibility index (Phi) is 3.76. The van der Waals surface area contributed by atoms with Crippen LogP contribution in [0.15, 0.2) is 36.4 Å². The predicted molar refractivity (Wildman–Crippen MR) is 96.4 cm³/mol. The Morgan fingerprint density at radius 2 is 1.91 bits per heavy atom. The largest absolute Gasteiger partial charge is 0.302 e. The zero-order chi connectivity index (χ0) is 16.0. The number of aromatic nitrogens is 1. The van der Waals surface area contributed by atoms with Gasteiger partial charge in [-0.25, -0.2) is 4.98 Å². The van der Waals surface area contributed by atoms with E-state index in [0.717, 1.165) is 34.2 Å². The minimum atomic E-state index is 0.0680. The molecule has 1 N–H and O–H groups in total. The summed E-state index contributed by atoms with van der Waals surface area (Å²) >= 11 is 14.0. The molecule has 1 aliphatic rings. The Labute approximate surface area is 147 Å². The zero-order valence-electron chi connectivity index (χ0n) is 12.0. The van der Waals surface area contributed by atoms with Crippen LogP contribution in [0.25, 0.3) is 21.3 Å². The summed E-state index contributed by atoms with van der Waals surface area (Å²) in [6.07, 6.45) is 1.96. The maximum absolute atomic E-state index is 11.8. The van der Waals surface area contributed by atoms with Crippen LogP contribution in [-0.4, -0.2) is 10.9 Å². The van der Waals surface area contributed by atoms with Gasteiger partial charge < -0.3 is 5.32 Å². The molecule has 2 aromatic carbocycles. The van der Waals surface area contributed by atoms with Gasteiger partial charge in [0, 0.05) is 21.5 Å². The van der Waals surface area contributed by atoms with Crippen molar-refractivity contribution in [2.24, 2.45) is 5.92 Å². The molecule has 1 heterocycles. The third kappa shape index (κ3) is 2.94. The van der Waals surface area contributed by atoms with Gasteiger partial charge in [-0.3, -0.25) is 4.79 Å². The van der Waals surface area contributed by atoms with Gasteiger partial charge in [-0.2, -0.15) is 0 Å². The lowest BCUT2D eigenvalue weighted by atomic mass is 10.1. The lowest BCUT2D eigenvalue weighted by Crippen LogP contribution is -2.12. The van der Waals surface area contributed by atoms with Gasteiger partial charge in [-0.15, -0.1) is 0 Å². The SMILES string of the molecule is O=C(Nc1nc2ccc(-c3c(Cl)cccc3Cl)cc2s1)C1CC1. The van der Waals surface area contributed by atoms with Crippen LogP contribution in [0, 0.1) is 5.92 Å². The number of rotatable bonds is 3. The Balaban J connectivity index is 1.71. The van der Waals surface area contributed by atoms with Crippen molar-refractivity contribution in [2.75, 3.05) is 5.32 Å². The van der Waals surface area contributed by atoms with Crippen LogP contribution in [0.3, 0.4) is 0 Å². The molecule has 0 saturated heterocycles. The first-order valence-electron chi connectivity index (χ1n) is 7.27. The first kappa shape index (κ1) is 14.9. The van der Waals surface area contributed by atoms with Gasteiger partial charge in [0.15, 0.2) is 5.13 Å². The molecule has 1 fully saturated rings. The molecular formula is C17H12Cl2N2OS. The molecule has 3 nitrogen and oxygen atoms in total. The van der Waals surface area contributed by atoms with Crippen molar-refractivity contribution in [3.05, 3.63) is 46.4 Å². The number of hydrogen-bond acceptors (Lipinski definition) is 3. The zero-order valence-corrected chi connectivity index (χ0v) is 14.3. The van der Waals surface area contributed by atoms with Crippen molar-refractivity contribution in [2.45, 2.75) is 12.8 Å². The molecular weight excluding hydrogens is 351 g/mol. The van der Waals surface area contributed by atoms with Crippen LogP contribution in [-0.2, 0) is 4.79 Å². The van der Waals surface area contributed by atoms with Crippen molar-refractivity contribution in [1.29, 1.82) is 0 Å². The van der Waals surface area contributed by atoms with Gasteiger partial charge in [0.1, 0.15) is 0 Å². The molecule has 0 atom stereocenters. The number of amides is 1. The standard InChI is InChI=1S/C17H12Cl2N2OS/c18-11-2-1-3-12(19)15(11)10-6-7-13-14(8-10)23-17(20-13)21-16(22)9-4-5-9/h1-3,6-9H,4-5H2,(H,20,21,22). The highest BCUT2D eigenvalue weighted by Gasteiger charge is 2.30. The summed E-state index contributed by atoms with van der Waals surface area (Å²) < 4.78 is 0.990. The number of fused-ring (bicyclic) bond motifs is 1. The highest BCUT2D eigenvalue weighted by Crippen LogP contribution is 2.38. The first-order valence-corrected chi connectivity index (χ1v) is 8.85. The first-order chi connectivity index (χ1) is 11.1. The molecule has 1 saturated carbocycles. The molecule has 0 radical (unpaired) electrons. The summed E-state index contributed by atoms with van der Waals surface area (Å²) in [5.74, 6) is 0.234. The number of thiazole rings is 1. The molecule has 1 aliphatic carbocycles. The molecule has 0 unspecified atom stereocenters. The summed E-state index contributed by atoms with van der Waals surface area (Å²) in [5.41, 5.74) is 2.61. The molecule has 3 aromatic rings. The summed E-state index contributed by atoms with van der Waals surface area (Å²) in [4.78, 5) is 16.3. The van der Waals surface area contributed by atoms with E-state index in [0.29, 0.717) is 15.2 Å². The van der Waals surface area contributed by atoms with Crippen molar-refractivity contribution in [3.8, 4) is 11.1 Å². The van der Waals surface area contributed by atoms with Crippen LogP contribution in [0.4, 0.5) is 5.13 Å². The van der Waals surface area contributed by atoms with E-state index >= 15 is 0 Å². The fraction of sp³-hybridized carbons (Fsp3) is 0.176. The van der Waals surface area contributed by atoms with E-state index in [1.54, 1.807) is 0 Å². The van der Waals surface area contributed by atoms with Crippen molar-refractivity contribution in [1.82, 2.24) is 4.98 Å². The Morgan fingerprint density at radius 3 is 2.61 bits per heavy atom. The van der Waals surface area contributed by atoms with E-state index in [9.17, 15) is 4.79 Å². The van der Waals surface area contributed by atoms with Gasteiger partial charge in [0.2, 0.25) is 5.91 Å². The van der Waals surface area contributed by atoms with E-state index in [1.165, 1.54) is 11.3 Å². The monoisotopic (exact) mass is 362 g/mol. The third-order valence-corrected chi connectivity index (χ3v) is 5.38. The summed E-state index contributed by atoms with van der Waals surface area (Å²) in [6.45, 7) is 0. The maximum Gasteiger partial charge on any atom is 0.229 e. The van der Waals surface area contributed by atoms with E-state index in [4.69, 9.17) is 23.2 Å². The smallest absolute Gasteiger partial charge is 0.229 e. The molecule has 4 rings (SSSR count). The van der Waals surface area contributed by atoms with Crippen molar-refractivity contribution < 1.29 is 4.79 Å².